The summed E-state index contributed by atoms with van der Waals surface area (Å²) in [5.74, 6) is 0. The van der Waals surface area contributed by atoms with Crippen molar-refractivity contribution >= 4 is 0 Å². The highest BCUT2D eigenvalue weighted by molar-refractivity contribution is 5.46. The standard InChI is InChI=1S/C23H17F6N/c24-22(25,26)19-11-16(12-20(13-19)23(27,28)29)14-30-15-21(30,17-7-3-1-4-8-17)18-9-5-2-6-10-18/h1-13H,14-15H2. The van der Waals surface area contributed by atoms with E-state index in [0.717, 1.165) is 23.3 Å². The molecule has 0 amide bonds. The second-order valence-electron chi connectivity index (χ2n) is 7.36. The van der Waals surface area contributed by atoms with E-state index in [1.807, 2.05) is 65.6 Å². The molecule has 156 valence electrons. The molecule has 0 spiro atoms. The van der Waals surface area contributed by atoms with Gasteiger partial charge in [0.25, 0.3) is 0 Å². The minimum atomic E-state index is -4.86. The maximum Gasteiger partial charge on any atom is 0.416 e. The van der Waals surface area contributed by atoms with Gasteiger partial charge in [0.2, 0.25) is 0 Å². The Balaban J connectivity index is 1.73. The zero-order chi connectivity index (χ0) is 21.6. The molecule has 0 saturated carbocycles. The molecule has 1 atom stereocenters. The van der Waals surface area contributed by atoms with Crippen LogP contribution >= 0.6 is 0 Å². The van der Waals surface area contributed by atoms with Gasteiger partial charge in [0.05, 0.1) is 16.7 Å². The molecule has 0 aromatic heterocycles. The zero-order valence-corrected chi connectivity index (χ0v) is 15.6. The third-order valence-corrected chi connectivity index (χ3v) is 5.38. The molecule has 3 aromatic carbocycles. The maximum absolute atomic E-state index is 13.2. The van der Waals surface area contributed by atoms with E-state index < -0.39 is 29.0 Å². The van der Waals surface area contributed by atoms with Crippen LogP contribution in [0.3, 0.4) is 0 Å². The fraction of sp³-hybridized carbons (Fsp3) is 0.217. The summed E-state index contributed by atoms with van der Waals surface area (Å²) in [6.07, 6.45) is -9.71. The normalized spacial score (nSPS) is 18.3. The first-order valence-electron chi connectivity index (χ1n) is 9.25. The smallest absolute Gasteiger partial charge is 0.282 e. The summed E-state index contributed by atoms with van der Waals surface area (Å²) < 4.78 is 79.1. The molecule has 1 heterocycles. The lowest BCUT2D eigenvalue weighted by Crippen LogP contribution is -2.19. The van der Waals surface area contributed by atoms with E-state index in [1.165, 1.54) is 0 Å². The van der Waals surface area contributed by atoms with Crippen LogP contribution in [0.1, 0.15) is 27.8 Å². The second kappa shape index (κ2) is 7.16. The summed E-state index contributed by atoms with van der Waals surface area (Å²) in [5.41, 5.74) is -1.29. The second-order valence-corrected chi connectivity index (χ2v) is 7.36. The molecule has 3 aromatic rings. The lowest BCUT2D eigenvalue weighted by molar-refractivity contribution is -0.143. The molecule has 1 unspecified atom stereocenters. The van der Waals surface area contributed by atoms with Crippen LogP contribution in [0.4, 0.5) is 26.3 Å². The van der Waals surface area contributed by atoms with Crippen LogP contribution in [0.2, 0.25) is 0 Å². The van der Waals surface area contributed by atoms with Crippen LogP contribution in [0.15, 0.2) is 78.9 Å². The van der Waals surface area contributed by atoms with Gasteiger partial charge in [-0.05, 0) is 34.9 Å². The molecule has 1 nitrogen and oxygen atoms in total. The van der Waals surface area contributed by atoms with Crippen molar-refractivity contribution in [1.29, 1.82) is 0 Å². The molecule has 0 N–H and O–H groups in total. The van der Waals surface area contributed by atoms with Crippen LogP contribution in [0.25, 0.3) is 0 Å². The van der Waals surface area contributed by atoms with Gasteiger partial charge < -0.3 is 0 Å². The summed E-state index contributed by atoms with van der Waals surface area (Å²) in [6, 6.07) is 20.6. The number of hydrogen-bond acceptors (Lipinski definition) is 1. The monoisotopic (exact) mass is 421 g/mol. The number of nitrogens with zero attached hydrogens (tertiary/aromatic N) is 1. The lowest BCUT2D eigenvalue weighted by atomic mass is 9.90. The topological polar surface area (TPSA) is 3.01 Å². The fourth-order valence-electron chi connectivity index (χ4n) is 3.90. The first-order chi connectivity index (χ1) is 14.1. The first-order valence-corrected chi connectivity index (χ1v) is 9.25. The van der Waals surface area contributed by atoms with Gasteiger partial charge in [-0.15, -0.1) is 0 Å². The molecule has 1 saturated heterocycles. The van der Waals surface area contributed by atoms with E-state index in [2.05, 4.69) is 0 Å². The molecular formula is C23H17F6N. The van der Waals surface area contributed by atoms with E-state index in [-0.39, 0.29) is 18.2 Å². The molecule has 4 rings (SSSR count). The van der Waals surface area contributed by atoms with Crippen molar-refractivity contribution in [3.8, 4) is 0 Å². The van der Waals surface area contributed by atoms with Crippen LogP contribution in [-0.4, -0.2) is 11.4 Å². The van der Waals surface area contributed by atoms with Crippen molar-refractivity contribution in [3.63, 3.8) is 0 Å². The lowest BCUT2D eigenvalue weighted by Gasteiger charge is -2.20. The Morgan fingerprint density at radius 2 is 1.10 bits per heavy atom. The molecule has 0 bridgehead atoms. The van der Waals surface area contributed by atoms with Crippen LogP contribution in [-0.2, 0) is 24.4 Å². The van der Waals surface area contributed by atoms with Gasteiger partial charge in [0.1, 0.15) is 0 Å². The van der Waals surface area contributed by atoms with E-state index in [0.29, 0.717) is 6.54 Å². The largest absolute Gasteiger partial charge is 0.416 e. The Morgan fingerprint density at radius 3 is 1.50 bits per heavy atom. The molecule has 1 aliphatic rings. The number of alkyl halides is 6. The SMILES string of the molecule is FC(F)(F)c1cc(CN2CC2(c2ccccc2)c2ccccc2)cc(C(F)(F)F)c1. The van der Waals surface area contributed by atoms with Gasteiger partial charge in [0, 0.05) is 13.1 Å². The predicted molar refractivity (Wildman–Crippen MR) is 101 cm³/mol. The Hall–Kier alpha value is -2.80. The fourth-order valence-corrected chi connectivity index (χ4v) is 3.90. The van der Waals surface area contributed by atoms with Gasteiger partial charge in [-0.1, -0.05) is 60.7 Å². The van der Waals surface area contributed by atoms with E-state index in [9.17, 15) is 26.3 Å². The van der Waals surface area contributed by atoms with E-state index in [1.54, 1.807) is 0 Å². The maximum atomic E-state index is 13.2. The molecule has 0 radical (unpaired) electrons. The van der Waals surface area contributed by atoms with Gasteiger partial charge in [0.15, 0.2) is 0 Å². The van der Waals surface area contributed by atoms with Crippen molar-refractivity contribution in [3.05, 3.63) is 107 Å². The van der Waals surface area contributed by atoms with Gasteiger partial charge in [-0.25, -0.2) is 0 Å². The quantitative estimate of drug-likeness (QED) is 0.344. The molecular weight excluding hydrogens is 404 g/mol. The average molecular weight is 421 g/mol. The Labute approximate surface area is 169 Å². The van der Waals surface area contributed by atoms with E-state index in [4.69, 9.17) is 0 Å². The average Bonchev–Trinajstić information content (AvgIpc) is 3.42. The van der Waals surface area contributed by atoms with Gasteiger partial charge >= 0.3 is 12.4 Å². The minimum Gasteiger partial charge on any atom is -0.282 e. The van der Waals surface area contributed by atoms with Crippen molar-refractivity contribution in [2.24, 2.45) is 0 Å². The van der Waals surface area contributed by atoms with Crippen molar-refractivity contribution in [1.82, 2.24) is 4.90 Å². The minimum absolute atomic E-state index is 0.0223. The molecule has 30 heavy (non-hydrogen) atoms. The van der Waals surface area contributed by atoms with Crippen molar-refractivity contribution in [2.75, 3.05) is 6.54 Å². The number of benzene rings is 3. The Morgan fingerprint density at radius 1 is 0.667 bits per heavy atom. The highest BCUT2D eigenvalue weighted by Crippen LogP contribution is 2.49. The molecule has 1 aliphatic heterocycles. The van der Waals surface area contributed by atoms with Crippen LogP contribution in [0, 0.1) is 0 Å². The molecule has 1 fully saturated rings. The summed E-state index contributed by atoms with van der Waals surface area (Å²) >= 11 is 0. The number of halogens is 6. The number of rotatable bonds is 4. The van der Waals surface area contributed by atoms with Crippen molar-refractivity contribution < 1.29 is 26.3 Å². The zero-order valence-electron chi connectivity index (χ0n) is 15.6. The third kappa shape index (κ3) is 3.81. The summed E-state index contributed by atoms with van der Waals surface area (Å²) in [7, 11) is 0. The summed E-state index contributed by atoms with van der Waals surface area (Å²) in [5, 5.41) is 0. The summed E-state index contributed by atoms with van der Waals surface area (Å²) in [4.78, 5) is 1.88. The van der Waals surface area contributed by atoms with Gasteiger partial charge in [-0.3, -0.25) is 4.90 Å². The summed E-state index contributed by atoms with van der Waals surface area (Å²) in [6.45, 7) is 0.468. The molecule has 7 heteroatoms. The number of hydrogen-bond donors (Lipinski definition) is 0. The molecule has 0 aliphatic carbocycles. The van der Waals surface area contributed by atoms with Gasteiger partial charge in [-0.2, -0.15) is 26.3 Å². The highest BCUT2D eigenvalue weighted by atomic mass is 19.4. The Kier molecular flexibility index (Phi) is 4.89. The van der Waals surface area contributed by atoms with Crippen LogP contribution in [0.5, 0.6) is 0 Å². The van der Waals surface area contributed by atoms with Crippen LogP contribution < -0.4 is 0 Å². The first kappa shape index (κ1) is 20.5. The third-order valence-electron chi connectivity index (χ3n) is 5.38. The van der Waals surface area contributed by atoms with Crippen molar-refractivity contribution in [2.45, 2.75) is 24.4 Å². The highest BCUT2D eigenvalue weighted by Gasteiger charge is 2.54. The Bertz CT molecular complexity index is 953. The van der Waals surface area contributed by atoms with E-state index >= 15 is 0 Å². The predicted octanol–water partition coefficient (Wildman–Crippen LogP) is 6.48.